The van der Waals surface area contributed by atoms with Crippen LogP contribution < -0.4 is 16.4 Å². The van der Waals surface area contributed by atoms with Crippen molar-refractivity contribution >= 4 is 23.1 Å². The summed E-state index contributed by atoms with van der Waals surface area (Å²) in [5.41, 5.74) is 21.0. The zero-order valence-electron chi connectivity index (χ0n) is 28.6. The van der Waals surface area contributed by atoms with Gasteiger partial charge in [-0.05, 0) is 114 Å². The molecule has 0 amide bonds. The largest absolute Gasteiger partial charge is 0.258 e. The summed E-state index contributed by atoms with van der Waals surface area (Å²) < 4.78 is 0. The molecule has 3 heterocycles. The fourth-order valence-corrected chi connectivity index (χ4v) is 7.72. The van der Waals surface area contributed by atoms with E-state index in [-0.39, 0.29) is 6.71 Å². The van der Waals surface area contributed by atoms with E-state index in [1.54, 1.807) is 0 Å². The highest BCUT2D eigenvalue weighted by Crippen LogP contribution is 2.31. The number of rotatable bonds is 6. The van der Waals surface area contributed by atoms with Gasteiger partial charge < -0.3 is 0 Å². The SMILES string of the molecule is Cc1cc(C)c(-c2ccccc2B(c2ccccc2-c2c(C)cc(C)nc2C)c2ccccc2-c2c(C)cc(C)nc2C)c(C)n1. The summed E-state index contributed by atoms with van der Waals surface area (Å²) in [5, 5.41) is 0. The van der Waals surface area contributed by atoms with E-state index in [9.17, 15) is 0 Å². The molecule has 3 nitrogen and oxygen atoms in total. The van der Waals surface area contributed by atoms with E-state index < -0.39 is 0 Å². The van der Waals surface area contributed by atoms with Gasteiger partial charge in [0, 0.05) is 50.9 Å². The average Bonchev–Trinajstić information content (AvgIpc) is 2.98. The van der Waals surface area contributed by atoms with Gasteiger partial charge in [-0.15, -0.1) is 0 Å². The first-order valence-corrected chi connectivity index (χ1v) is 16.2. The molecule has 0 atom stereocenters. The minimum absolute atomic E-state index is 0.0797. The monoisotopic (exact) mass is 599 g/mol. The number of hydrogen-bond acceptors (Lipinski definition) is 3. The molecule has 228 valence electrons. The highest BCUT2D eigenvalue weighted by Gasteiger charge is 2.31. The number of aryl methyl sites for hydroxylation is 9. The van der Waals surface area contributed by atoms with E-state index in [0.717, 1.165) is 34.2 Å². The number of benzene rings is 3. The molecule has 0 aliphatic heterocycles. The second-order valence-corrected chi connectivity index (χ2v) is 12.8. The molecule has 0 bridgehead atoms. The average molecular weight is 600 g/mol. The summed E-state index contributed by atoms with van der Waals surface area (Å²) in [7, 11) is 0. The molecule has 0 aliphatic carbocycles. The van der Waals surface area contributed by atoms with Crippen LogP contribution in [0.2, 0.25) is 0 Å². The maximum Gasteiger partial charge on any atom is 0.243 e. The third-order valence-electron chi connectivity index (χ3n) is 9.20. The topological polar surface area (TPSA) is 38.7 Å². The predicted molar refractivity (Wildman–Crippen MR) is 196 cm³/mol. The molecule has 3 aromatic heterocycles. The van der Waals surface area contributed by atoms with Crippen LogP contribution in [0.15, 0.2) is 91.0 Å². The van der Waals surface area contributed by atoms with E-state index >= 15 is 0 Å². The zero-order valence-corrected chi connectivity index (χ0v) is 28.6. The summed E-state index contributed by atoms with van der Waals surface area (Å²) in [6, 6.07) is 33.4. The van der Waals surface area contributed by atoms with Crippen molar-refractivity contribution in [3.8, 4) is 33.4 Å². The first kappa shape index (κ1) is 31.2. The second-order valence-electron chi connectivity index (χ2n) is 12.8. The molecule has 0 fully saturated rings. The van der Waals surface area contributed by atoms with E-state index in [1.807, 2.05) is 0 Å². The third-order valence-corrected chi connectivity index (χ3v) is 9.20. The quantitative estimate of drug-likeness (QED) is 0.181. The first-order chi connectivity index (χ1) is 22.0. The first-order valence-electron chi connectivity index (χ1n) is 16.2. The highest BCUT2D eigenvalue weighted by atomic mass is 14.7. The van der Waals surface area contributed by atoms with Gasteiger partial charge in [0.2, 0.25) is 6.71 Å². The van der Waals surface area contributed by atoms with Crippen LogP contribution in [0.3, 0.4) is 0 Å². The second kappa shape index (κ2) is 12.5. The zero-order chi connectivity index (χ0) is 32.7. The van der Waals surface area contributed by atoms with Crippen molar-refractivity contribution in [3.63, 3.8) is 0 Å². The van der Waals surface area contributed by atoms with Crippen LogP contribution in [-0.2, 0) is 0 Å². The maximum absolute atomic E-state index is 4.93. The van der Waals surface area contributed by atoms with Crippen LogP contribution in [0.25, 0.3) is 33.4 Å². The molecule has 3 aromatic carbocycles. The van der Waals surface area contributed by atoms with Crippen molar-refractivity contribution < 1.29 is 0 Å². The molecule has 46 heavy (non-hydrogen) atoms. The highest BCUT2D eigenvalue weighted by molar-refractivity contribution is 6.98. The van der Waals surface area contributed by atoms with Gasteiger partial charge in [-0.1, -0.05) is 89.2 Å². The Bertz CT molecular complexity index is 1800. The van der Waals surface area contributed by atoms with Crippen molar-refractivity contribution in [1.29, 1.82) is 0 Å². The Morgan fingerprint density at radius 1 is 0.370 bits per heavy atom. The molecule has 0 N–H and O–H groups in total. The standard InChI is InChI=1S/C42H42BN3/c1-25-22-28(4)44-31(7)40(25)34-16-10-13-19-37(34)43(38-20-14-11-17-35(38)41-26(2)23-29(5)45-32(41)8)39-21-15-12-18-36(39)42-27(3)24-30(6)46-33(42)9/h10-24H,1-9H3. The van der Waals surface area contributed by atoms with Crippen LogP contribution in [0, 0.1) is 62.3 Å². The van der Waals surface area contributed by atoms with Crippen molar-refractivity contribution in [3.05, 3.63) is 142 Å². The molecular weight excluding hydrogens is 557 g/mol. The lowest BCUT2D eigenvalue weighted by Gasteiger charge is -2.26. The third kappa shape index (κ3) is 5.69. The van der Waals surface area contributed by atoms with Crippen LogP contribution in [0.4, 0.5) is 0 Å². The number of nitrogens with zero attached hydrogens (tertiary/aromatic N) is 3. The van der Waals surface area contributed by atoms with Crippen LogP contribution in [0.1, 0.15) is 50.9 Å². The van der Waals surface area contributed by atoms with Gasteiger partial charge in [-0.3, -0.25) is 15.0 Å². The minimum Gasteiger partial charge on any atom is -0.258 e. The predicted octanol–water partition coefficient (Wildman–Crippen LogP) is 8.16. The Labute approximate surface area is 274 Å². The summed E-state index contributed by atoms with van der Waals surface area (Å²) in [5.74, 6) is 0. The Morgan fingerprint density at radius 3 is 0.891 bits per heavy atom. The molecule has 4 heteroatoms. The Morgan fingerprint density at radius 2 is 0.630 bits per heavy atom. The summed E-state index contributed by atoms with van der Waals surface area (Å²) in [6.45, 7) is 19.2. The lowest BCUT2D eigenvalue weighted by atomic mass is 9.34. The Hall–Kier alpha value is -4.83. The van der Waals surface area contributed by atoms with E-state index in [0.29, 0.717) is 0 Å². The molecule has 0 unspecified atom stereocenters. The van der Waals surface area contributed by atoms with Gasteiger partial charge >= 0.3 is 0 Å². The molecule has 0 saturated heterocycles. The maximum atomic E-state index is 4.93. The van der Waals surface area contributed by atoms with Crippen LogP contribution in [-0.4, -0.2) is 21.7 Å². The van der Waals surface area contributed by atoms with Gasteiger partial charge in [-0.25, -0.2) is 0 Å². The van der Waals surface area contributed by atoms with Crippen LogP contribution >= 0.6 is 0 Å². The van der Waals surface area contributed by atoms with Gasteiger partial charge in [-0.2, -0.15) is 0 Å². The van der Waals surface area contributed by atoms with Gasteiger partial charge in [0.1, 0.15) is 0 Å². The van der Waals surface area contributed by atoms with Crippen molar-refractivity contribution in [2.75, 3.05) is 0 Å². The molecule has 0 saturated carbocycles. The number of hydrogen-bond donors (Lipinski definition) is 0. The van der Waals surface area contributed by atoms with Gasteiger partial charge in [0.05, 0.1) is 0 Å². The smallest absolute Gasteiger partial charge is 0.243 e. The number of pyridine rings is 3. The van der Waals surface area contributed by atoms with Crippen molar-refractivity contribution in [2.45, 2.75) is 62.3 Å². The van der Waals surface area contributed by atoms with Crippen molar-refractivity contribution in [1.82, 2.24) is 15.0 Å². The normalized spacial score (nSPS) is 11.2. The van der Waals surface area contributed by atoms with Gasteiger partial charge in [0.25, 0.3) is 0 Å². The van der Waals surface area contributed by atoms with E-state index in [1.165, 1.54) is 66.5 Å². The number of aromatic nitrogens is 3. The molecular formula is C42H42BN3. The summed E-state index contributed by atoms with van der Waals surface area (Å²) >= 11 is 0. The molecule has 6 aromatic rings. The van der Waals surface area contributed by atoms with Crippen LogP contribution in [0.5, 0.6) is 0 Å². The Kier molecular flexibility index (Phi) is 8.48. The molecule has 0 aliphatic rings. The van der Waals surface area contributed by atoms with Gasteiger partial charge in [0.15, 0.2) is 0 Å². The van der Waals surface area contributed by atoms with E-state index in [2.05, 4.69) is 153 Å². The lowest BCUT2D eigenvalue weighted by molar-refractivity contribution is 1.11. The summed E-state index contributed by atoms with van der Waals surface area (Å²) in [6.07, 6.45) is 0. The van der Waals surface area contributed by atoms with Crippen molar-refractivity contribution in [2.24, 2.45) is 0 Å². The fourth-order valence-electron chi connectivity index (χ4n) is 7.72. The molecule has 0 radical (unpaired) electrons. The lowest BCUT2D eigenvalue weighted by Crippen LogP contribution is -2.54. The van der Waals surface area contributed by atoms with E-state index in [4.69, 9.17) is 15.0 Å². The molecule has 0 spiro atoms. The fraction of sp³-hybridized carbons (Fsp3) is 0.214. The molecule has 6 rings (SSSR count). The summed E-state index contributed by atoms with van der Waals surface area (Å²) in [4.78, 5) is 14.8. The Balaban J connectivity index is 1.74. The minimum atomic E-state index is -0.0797.